The molecule has 19 heavy (non-hydrogen) atoms. The smallest absolute Gasteiger partial charge is 0.250 e. The van der Waals surface area contributed by atoms with E-state index in [1.165, 1.54) is 11.3 Å². The summed E-state index contributed by atoms with van der Waals surface area (Å²) in [5.74, 6) is -0.451. The Morgan fingerprint density at radius 2 is 2.16 bits per heavy atom. The maximum atomic E-state index is 11.5. The predicted molar refractivity (Wildman–Crippen MR) is 76.1 cm³/mol. The van der Waals surface area contributed by atoms with Gasteiger partial charge in [-0.1, -0.05) is 0 Å². The highest BCUT2D eigenvalue weighted by molar-refractivity contribution is 7.15. The molecule has 3 aromatic rings. The molecule has 0 fully saturated rings. The van der Waals surface area contributed by atoms with E-state index in [1.807, 2.05) is 24.3 Å². The number of nitrogens with one attached hydrogen (secondary N) is 1. The summed E-state index contributed by atoms with van der Waals surface area (Å²) >= 11 is 1.51. The van der Waals surface area contributed by atoms with Crippen LogP contribution in [-0.4, -0.2) is 16.0 Å². The Bertz CT molecular complexity index is 758. The van der Waals surface area contributed by atoms with Crippen molar-refractivity contribution in [3.63, 3.8) is 0 Å². The molecule has 0 bridgehead atoms. The summed E-state index contributed by atoms with van der Waals surface area (Å²) in [6.45, 7) is 0.0275. The molecule has 1 amide bonds. The second kappa shape index (κ2) is 4.53. The van der Waals surface area contributed by atoms with Gasteiger partial charge < -0.3 is 15.8 Å². The quantitative estimate of drug-likeness (QED) is 0.685. The Balaban J connectivity index is 2.21. The summed E-state index contributed by atoms with van der Waals surface area (Å²) in [6.07, 6.45) is 1.79. The zero-order valence-corrected chi connectivity index (χ0v) is 10.8. The van der Waals surface area contributed by atoms with Crippen LogP contribution in [0.4, 0.5) is 0 Å². The zero-order valence-electron chi connectivity index (χ0n) is 10.0. The highest BCUT2D eigenvalue weighted by atomic mass is 32.1. The number of aromatic nitrogens is 1. The van der Waals surface area contributed by atoms with E-state index < -0.39 is 5.91 Å². The van der Waals surface area contributed by atoms with E-state index >= 15 is 0 Å². The predicted octanol–water partition coefficient (Wildman–Crippen LogP) is 2.49. The van der Waals surface area contributed by atoms with E-state index in [4.69, 9.17) is 10.8 Å². The van der Waals surface area contributed by atoms with E-state index in [0.717, 1.165) is 26.2 Å². The lowest BCUT2D eigenvalue weighted by atomic mass is 10.1. The average Bonchev–Trinajstić information content (AvgIpc) is 3.05. The summed E-state index contributed by atoms with van der Waals surface area (Å²) in [7, 11) is 0. The number of rotatable bonds is 3. The number of benzene rings is 1. The van der Waals surface area contributed by atoms with Gasteiger partial charge in [-0.25, -0.2) is 0 Å². The van der Waals surface area contributed by atoms with Crippen molar-refractivity contribution in [3.8, 4) is 10.4 Å². The minimum absolute atomic E-state index is 0.0275. The van der Waals surface area contributed by atoms with Gasteiger partial charge in [0.25, 0.3) is 5.91 Å². The topological polar surface area (TPSA) is 79.1 Å². The number of carbonyl (C=O) groups excluding carboxylic acids is 1. The van der Waals surface area contributed by atoms with E-state index in [0.29, 0.717) is 5.56 Å². The molecule has 0 aliphatic rings. The molecule has 0 aliphatic carbocycles. The number of aromatic amines is 1. The molecular weight excluding hydrogens is 260 g/mol. The zero-order chi connectivity index (χ0) is 13.4. The van der Waals surface area contributed by atoms with Crippen LogP contribution < -0.4 is 5.73 Å². The first kappa shape index (κ1) is 12.0. The Hall–Kier alpha value is -2.11. The Morgan fingerprint density at radius 1 is 1.32 bits per heavy atom. The van der Waals surface area contributed by atoms with Crippen LogP contribution in [0.1, 0.15) is 15.2 Å². The molecular formula is C14H12N2O2S. The number of hydrogen-bond acceptors (Lipinski definition) is 3. The summed E-state index contributed by atoms with van der Waals surface area (Å²) in [5, 5.41) is 10.1. The second-order valence-corrected chi connectivity index (χ2v) is 5.42. The number of amides is 1. The third kappa shape index (κ3) is 2.03. The number of nitrogens with two attached hydrogens (primary N) is 1. The van der Waals surface area contributed by atoms with Crippen molar-refractivity contribution >= 4 is 28.1 Å². The Labute approximate surface area is 113 Å². The molecule has 96 valence electrons. The summed E-state index contributed by atoms with van der Waals surface area (Å²) < 4.78 is 0. The maximum Gasteiger partial charge on any atom is 0.250 e. The van der Waals surface area contributed by atoms with Gasteiger partial charge in [0.05, 0.1) is 17.7 Å². The van der Waals surface area contributed by atoms with Gasteiger partial charge in [-0.3, -0.25) is 4.79 Å². The fourth-order valence-electron chi connectivity index (χ4n) is 2.13. The lowest BCUT2D eigenvalue weighted by Gasteiger charge is -2.03. The number of primary amides is 1. The molecule has 3 rings (SSSR count). The molecule has 0 unspecified atom stereocenters. The van der Waals surface area contributed by atoms with Gasteiger partial charge in [0.1, 0.15) is 0 Å². The van der Waals surface area contributed by atoms with Gasteiger partial charge in [0, 0.05) is 21.3 Å². The number of aliphatic hydroxyl groups excluding tert-OH is 1. The number of fused-ring (bicyclic) bond motifs is 1. The normalized spacial score (nSPS) is 11.0. The van der Waals surface area contributed by atoms with Gasteiger partial charge in [0.2, 0.25) is 0 Å². The number of carbonyl (C=O) groups is 1. The van der Waals surface area contributed by atoms with Gasteiger partial charge >= 0.3 is 0 Å². The highest BCUT2D eigenvalue weighted by Gasteiger charge is 2.12. The lowest BCUT2D eigenvalue weighted by Crippen LogP contribution is -2.11. The summed E-state index contributed by atoms with van der Waals surface area (Å²) in [6, 6.07) is 9.52. The van der Waals surface area contributed by atoms with E-state index in [9.17, 15) is 4.79 Å². The number of aliphatic hydroxyl groups is 1. The van der Waals surface area contributed by atoms with Crippen LogP contribution in [0.25, 0.3) is 21.3 Å². The Morgan fingerprint density at radius 3 is 2.84 bits per heavy atom. The molecule has 0 atom stereocenters. The van der Waals surface area contributed by atoms with Crippen molar-refractivity contribution < 1.29 is 9.90 Å². The van der Waals surface area contributed by atoms with Crippen LogP contribution >= 0.6 is 11.3 Å². The molecule has 5 heteroatoms. The van der Waals surface area contributed by atoms with Crippen LogP contribution in [-0.2, 0) is 6.61 Å². The number of hydrogen-bond donors (Lipinski definition) is 3. The van der Waals surface area contributed by atoms with E-state index in [2.05, 4.69) is 4.98 Å². The van der Waals surface area contributed by atoms with E-state index in [-0.39, 0.29) is 6.61 Å². The fraction of sp³-hybridized carbons (Fsp3) is 0.0714. The standard InChI is InChI=1S/C14H12N2O2S/c15-14(18)11-6-9(5-8-3-4-16-13(8)11)12-2-1-10(7-17)19-12/h1-6,16-17H,7H2,(H2,15,18). The molecule has 4 N–H and O–H groups in total. The van der Waals surface area contributed by atoms with Crippen molar-refractivity contribution in [2.24, 2.45) is 5.73 Å². The molecule has 2 aromatic heterocycles. The fourth-order valence-corrected chi connectivity index (χ4v) is 2.98. The van der Waals surface area contributed by atoms with E-state index in [1.54, 1.807) is 12.3 Å². The van der Waals surface area contributed by atoms with Crippen molar-refractivity contribution in [2.75, 3.05) is 0 Å². The second-order valence-electron chi connectivity index (χ2n) is 4.25. The lowest BCUT2D eigenvalue weighted by molar-refractivity contribution is 0.100. The molecule has 0 spiro atoms. The highest BCUT2D eigenvalue weighted by Crippen LogP contribution is 2.32. The molecule has 0 saturated carbocycles. The van der Waals surface area contributed by atoms with Crippen LogP contribution in [0.5, 0.6) is 0 Å². The first-order valence-corrected chi connectivity index (χ1v) is 6.61. The van der Waals surface area contributed by atoms with Crippen LogP contribution in [0.2, 0.25) is 0 Å². The molecule has 1 aromatic carbocycles. The third-order valence-corrected chi connectivity index (χ3v) is 4.15. The monoisotopic (exact) mass is 272 g/mol. The molecule has 0 radical (unpaired) electrons. The number of H-pyrrole nitrogens is 1. The van der Waals surface area contributed by atoms with Gasteiger partial charge in [-0.15, -0.1) is 11.3 Å². The van der Waals surface area contributed by atoms with Crippen LogP contribution in [0, 0.1) is 0 Å². The first-order chi connectivity index (χ1) is 9.19. The summed E-state index contributed by atoms with van der Waals surface area (Å²) in [5.41, 5.74) is 7.60. The molecule has 2 heterocycles. The van der Waals surface area contributed by atoms with Crippen molar-refractivity contribution in [1.29, 1.82) is 0 Å². The minimum atomic E-state index is -0.451. The van der Waals surface area contributed by atoms with Gasteiger partial charge in [-0.2, -0.15) is 0 Å². The van der Waals surface area contributed by atoms with Crippen molar-refractivity contribution in [1.82, 2.24) is 4.98 Å². The maximum absolute atomic E-state index is 11.5. The SMILES string of the molecule is NC(=O)c1cc(-c2ccc(CO)s2)cc2cc[nH]c12. The van der Waals surface area contributed by atoms with Crippen LogP contribution in [0.3, 0.4) is 0 Å². The van der Waals surface area contributed by atoms with Crippen molar-refractivity contribution in [2.45, 2.75) is 6.61 Å². The van der Waals surface area contributed by atoms with Crippen LogP contribution in [0.15, 0.2) is 36.5 Å². The van der Waals surface area contributed by atoms with Crippen molar-refractivity contribution in [3.05, 3.63) is 47.0 Å². The average molecular weight is 272 g/mol. The first-order valence-electron chi connectivity index (χ1n) is 5.80. The molecule has 0 saturated heterocycles. The molecule has 4 nitrogen and oxygen atoms in total. The third-order valence-electron chi connectivity index (χ3n) is 3.03. The minimum Gasteiger partial charge on any atom is -0.391 e. The number of thiophene rings is 1. The Kier molecular flexibility index (Phi) is 2.85. The largest absolute Gasteiger partial charge is 0.391 e. The van der Waals surface area contributed by atoms with Gasteiger partial charge in [-0.05, 0) is 35.9 Å². The van der Waals surface area contributed by atoms with Gasteiger partial charge in [0.15, 0.2) is 0 Å². The molecule has 0 aliphatic heterocycles. The summed E-state index contributed by atoms with van der Waals surface area (Å²) in [4.78, 5) is 16.5.